The van der Waals surface area contributed by atoms with Crippen LogP contribution in [-0.2, 0) is 4.79 Å². The summed E-state index contributed by atoms with van der Waals surface area (Å²) >= 11 is 3.25. The maximum Gasteiger partial charge on any atom is 0.341 e. The molecule has 0 aliphatic heterocycles. The SMILES string of the molecule is CCN(CC)CC.O=C(O)COc1ccc(Br)cc1. The topological polar surface area (TPSA) is 49.8 Å². The van der Waals surface area contributed by atoms with Crippen molar-refractivity contribution >= 4 is 21.9 Å². The molecule has 5 heteroatoms. The van der Waals surface area contributed by atoms with E-state index in [0.717, 1.165) is 4.47 Å². The molecular weight excluding hydrogens is 310 g/mol. The summed E-state index contributed by atoms with van der Waals surface area (Å²) in [7, 11) is 0. The Labute approximate surface area is 123 Å². The molecule has 0 spiro atoms. The largest absolute Gasteiger partial charge is 0.482 e. The number of benzene rings is 1. The standard InChI is InChI=1S/C8H7BrO3.C6H15N/c9-6-1-3-7(4-2-6)12-5-8(10)11;1-4-7(5-2)6-3/h1-4H,5H2,(H,10,11);4-6H2,1-3H3. The number of ether oxygens (including phenoxy) is 1. The first-order valence-electron chi connectivity index (χ1n) is 6.35. The van der Waals surface area contributed by atoms with Crippen LogP contribution in [0.1, 0.15) is 20.8 Å². The van der Waals surface area contributed by atoms with Gasteiger partial charge in [0.1, 0.15) is 5.75 Å². The smallest absolute Gasteiger partial charge is 0.341 e. The molecule has 0 bridgehead atoms. The van der Waals surface area contributed by atoms with Crippen LogP contribution in [-0.4, -0.2) is 42.2 Å². The fourth-order valence-electron chi connectivity index (χ4n) is 1.35. The van der Waals surface area contributed by atoms with Crippen LogP contribution in [0.2, 0.25) is 0 Å². The highest BCUT2D eigenvalue weighted by atomic mass is 79.9. The van der Waals surface area contributed by atoms with E-state index in [1.807, 2.05) is 0 Å². The van der Waals surface area contributed by atoms with Crippen LogP contribution in [0, 0.1) is 0 Å². The van der Waals surface area contributed by atoms with Gasteiger partial charge in [-0.2, -0.15) is 0 Å². The van der Waals surface area contributed by atoms with Gasteiger partial charge in [-0.25, -0.2) is 4.79 Å². The molecule has 0 atom stereocenters. The minimum atomic E-state index is -0.974. The van der Waals surface area contributed by atoms with Crippen LogP contribution in [0.15, 0.2) is 28.7 Å². The summed E-state index contributed by atoms with van der Waals surface area (Å²) in [5.41, 5.74) is 0. The highest BCUT2D eigenvalue weighted by Gasteiger charge is 1.97. The lowest BCUT2D eigenvalue weighted by atomic mass is 10.3. The van der Waals surface area contributed by atoms with E-state index in [1.54, 1.807) is 24.3 Å². The molecule has 1 aromatic rings. The first-order valence-corrected chi connectivity index (χ1v) is 7.15. The van der Waals surface area contributed by atoms with E-state index in [4.69, 9.17) is 9.84 Å². The number of hydrogen-bond donors (Lipinski definition) is 1. The van der Waals surface area contributed by atoms with Crippen molar-refractivity contribution in [2.75, 3.05) is 26.2 Å². The van der Waals surface area contributed by atoms with Gasteiger partial charge in [-0.15, -0.1) is 0 Å². The zero-order valence-corrected chi connectivity index (χ0v) is 13.3. The molecule has 0 aromatic heterocycles. The monoisotopic (exact) mass is 331 g/mol. The molecule has 1 N–H and O–H groups in total. The van der Waals surface area contributed by atoms with Crippen molar-refractivity contribution < 1.29 is 14.6 Å². The highest BCUT2D eigenvalue weighted by molar-refractivity contribution is 9.10. The first kappa shape index (κ1) is 17.9. The summed E-state index contributed by atoms with van der Waals surface area (Å²) in [6.45, 7) is 9.82. The number of nitrogens with zero attached hydrogens (tertiary/aromatic N) is 1. The number of hydrogen-bond acceptors (Lipinski definition) is 3. The number of carboxylic acids is 1. The molecule has 0 heterocycles. The predicted octanol–water partition coefficient (Wildman–Crippen LogP) is 3.26. The quantitative estimate of drug-likeness (QED) is 0.869. The van der Waals surface area contributed by atoms with Crippen LogP contribution >= 0.6 is 15.9 Å². The molecule has 1 rings (SSSR count). The Hall–Kier alpha value is -1.07. The van der Waals surface area contributed by atoms with E-state index in [1.165, 1.54) is 19.6 Å². The lowest BCUT2D eigenvalue weighted by Gasteiger charge is -2.13. The van der Waals surface area contributed by atoms with Gasteiger partial charge in [-0.3, -0.25) is 0 Å². The predicted molar refractivity (Wildman–Crippen MR) is 80.7 cm³/mol. The molecular formula is C14H22BrNO3. The Morgan fingerprint density at radius 2 is 1.63 bits per heavy atom. The second kappa shape index (κ2) is 10.8. The fraction of sp³-hybridized carbons (Fsp3) is 0.500. The van der Waals surface area contributed by atoms with Crippen molar-refractivity contribution in [3.63, 3.8) is 0 Å². The van der Waals surface area contributed by atoms with Gasteiger partial charge in [0, 0.05) is 4.47 Å². The molecule has 0 amide bonds. The number of carbonyl (C=O) groups is 1. The van der Waals surface area contributed by atoms with Gasteiger partial charge in [0.05, 0.1) is 0 Å². The molecule has 0 saturated carbocycles. The Bertz CT molecular complexity index is 345. The molecule has 0 radical (unpaired) electrons. The number of carboxylic acid groups (broad SMARTS) is 1. The normalized spacial score (nSPS) is 9.74. The van der Waals surface area contributed by atoms with Crippen molar-refractivity contribution in [2.45, 2.75) is 20.8 Å². The third kappa shape index (κ3) is 9.50. The van der Waals surface area contributed by atoms with Gasteiger partial charge in [-0.05, 0) is 43.9 Å². The minimum absolute atomic E-state index is 0.304. The van der Waals surface area contributed by atoms with Gasteiger partial charge in [0.25, 0.3) is 0 Å². The lowest BCUT2D eigenvalue weighted by Crippen LogP contribution is -2.21. The van der Waals surface area contributed by atoms with Gasteiger partial charge < -0.3 is 14.7 Å². The Morgan fingerprint density at radius 3 is 1.95 bits per heavy atom. The summed E-state index contributed by atoms with van der Waals surface area (Å²) in [5, 5.41) is 8.30. The molecule has 19 heavy (non-hydrogen) atoms. The van der Waals surface area contributed by atoms with E-state index < -0.39 is 5.97 Å². The number of aliphatic carboxylic acids is 1. The Kier molecular flexibility index (Phi) is 10.2. The van der Waals surface area contributed by atoms with Gasteiger partial charge >= 0.3 is 5.97 Å². The molecule has 108 valence electrons. The maximum atomic E-state index is 10.1. The molecule has 1 aromatic carbocycles. The lowest BCUT2D eigenvalue weighted by molar-refractivity contribution is -0.139. The molecule has 0 unspecified atom stereocenters. The van der Waals surface area contributed by atoms with E-state index in [9.17, 15) is 4.79 Å². The summed E-state index contributed by atoms with van der Waals surface area (Å²) in [5.74, 6) is -0.418. The van der Waals surface area contributed by atoms with Crippen LogP contribution in [0.25, 0.3) is 0 Å². The summed E-state index contributed by atoms with van der Waals surface area (Å²) in [6, 6.07) is 6.98. The molecule has 0 aliphatic rings. The van der Waals surface area contributed by atoms with Crippen molar-refractivity contribution in [1.82, 2.24) is 4.90 Å². The van der Waals surface area contributed by atoms with Crippen molar-refractivity contribution in [2.24, 2.45) is 0 Å². The maximum absolute atomic E-state index is 10.1. The van der Waals surface area contributed by atoms with Crippen molar-refractivity contribution in [3.05, 3.63) is 28.7 Å². The summed E-state index contributed by atoms with van der Waals surface area (Å²) in [4.78, 5) is 12.5. The average molecular weight is 332 g/mol. The van der Waals surface area contributed by atoms with Crippen LogP contribution in [0.3, 0.4) is 0 Å². The Morgan fingerprint density at radius 1 is 1.16 bits per heavy atom. The summed E-state index contributed by atoms with van der Waals surface area (Å²) < 4.78 is 5.84. The second-order valence-electron chi connectivity index (χ2n) is 3.76. The van der Waals surface area contributed by atoms with E-state index in [0.29, 0.717) is 5.75 Å². The number of rotatable bonds is 6. The fourth-order valence-corrected chi connectivity index (χ4v) is 1.61. The van der Waals surface area contributed by atoms with Crippen LogP contribution in [0.4, 0.5) is 0 Å². The molecule has 4 nitrogen and oxygen atoms in total. The number of halogens is 1. The Balaban J connectivity index is 0.000000399. The third-order valence-corrected chi connectivity index (χ3v) is 3.05. The third-order valence-electron chi connectivity index (χ3n) is 2.52. The first-order chi connectivity index (χ1) is 9.03. The zero-order chi connectivity index (χ0) is 14.7. The molecule has 0 aliphatic carbocycles. The molecule has 0 saturated heterocycles. The minimum Gasteiger partial charge on any atom is -0.482 e. The zero-order valence-electron chi connectivity index (χ0n) is 11.7. The van der Waals surface area contributed by atoms with E-state index in [-0.39, 0.29) is 6.61 Å². The van der Waals surface area contributed by atoms with Gasteiger partial charge in [0.15, 0.2) is 6.61 Å². The van der Waals surface area contributed by atoms with Gasteiger partial charge in [-0.1, -0.05) is 36.7 Å². The van der Waals surface area contributed by atoms with Crippen molar-refractivity contribution in [3.8, 4) is 5.75 Å². The summed E-state index contributed by atoms with van der Waals surface area (Å²) in [6.07, 6.45) is 0. The van der Waals surface area contributed by atoms with Gasteiger partial charge in [0.2, 0.25) is 0 Å². The van der Waals surface area contributed by atoms with E-state index >= 15 is 0 Å². The average Bonchev–Trinajstić information content (AvgIpc) is 2.41. The van der Waals surface area contributed by atoms with Crippen LogP contribution in [0.5, 0.6) is 5.75 Å². The van der Waals surface area contributed by atoms with Crippen molar-refractivity contribution in [1.29, 1.82) is 0 Å². The highest BCUT2D eigenvalue weighted by Crippen LogP contribution is 2.15. The van der Waals surface area contributed by atoms with E-state index in [2.05, 4.69) is 41.6 Å². The second-order valence-corrected chi connectivity index (χ2v) is 4.67. The van der Waals surface area contributed by atoms with Crippen LogP contribution < -0.4 is 4.74 Å². The molecule has 0 fully saturated rings.